The number of fused-ring (bicyclic) bond motifs is 1. The molecule has 2 aliphatic rings. The molecule has 4 heterocycles. The van der Waals surface area contributed by atoms with Crippen molar-refractivity contribution in [3.8, 4) is 6.07 Å². The second-order valence-electron chi connectivity index (χ2n) is 7.91. The predicted molar refractivity (Wildman–Crippen MR) is 128 cm³/mol. The Bertz CT molecular complexity index is 1200. The number of anilines is 2. The molecular formula is C25H23N5OS. The zero-order valence-electron chi connectivity index (χ0n) is 17.9. The fraction of sp³-hybridized carbons (Fsp3) is 0.240. The molecule has 0 aliphatic carbocycles. The molecule has 0 amide bonds. The van der Waals surface area contributed by atoms with E-state index in [1.54, 1.807) is 6.20 Å². The van der Waals surface area contributed by atoms with Crippen LogP contribution in [0.3, 0.4) is 0 Å². The van der Waals surface area contributed by atoms with Crippen molar-refractivity contribution in [2.75, 3.05) is 29.5 Å². The first kappa shape index (κ1) is 20.6. The number of nitriles is 1. The van der Waals surface area contributed by atoms with Crippen LogP contribution in [0, 0.1) is 18.3 Å². The summed E-state index contributed by atoms with van der Waals surface area (Å²) in [5.74, 6) is 0.936. The molecule has 0 saturated heterocycles. The first-order chi connectivity index (χ1) is 15.7. The lowest BCUT2D eigenvalue weighted by atomic mass is 10.0. The minimum Gasteiger partial charge on any atom is -0.352 e. The van der Waals surface area contributed by atoms with Gasteiger partial charge in [0, 0.05) is 56.2 Å². The summed E-state index contributed by atoms with van der Waals surface area (Å²) in [5.41, 5.74) is 6.18. The van der Waals surface area contributed by atoms with Gasteiger partial charge >= 0.3 is 0 Å². The Kier molecular flexibility index (Phi) is 5.80. The van der Waals surface area contributed by atoms with E-state index in [9.17, 15) is 0 Å². The maximum atomic E-state index is 9.13. The quantitative estimate of drug-likeness (QED) is 0.546. The average Bonchev–Trinajstić information content (AvgIpc) is 3.10. The fourth-order valence-electron chi connectivity index (χ4n) is 4.11. The van der Waals surface area contributed by atoms with Crippen molar-refractivity contribution in [3.63, 3.8) is 0 Å². The van der Waals surface area contributed by atoms with Crippen molar-refractivity contribution in [1.29, 1.82) is 5.26 Å². The number of nitrogens with zero attached hydrogens (tertiary/aromatic N) is 5. The van der Waals surface area contributed by atoms with E-state index in [1.807, 2.05) is 37.4 Å². The zero-order chi connectivity index (χ0) is 21.9. The molecule has 3 aromatic rings. The van der Waals surface area contributed by atoms with Gasteiger partial charge in [0.2, 0.25) is 0 Å². The number of pyridine rings is 2. The molecular weight excluding hydrogens is 418 g/mol. The number of hydrogen-bond acceptors (Lipinski definition) is 7. The van der Waals surface area contributed by atoms with Crippen LogP contribution in [0.15, 0.2) is 61.1 Å². The third-order valence-corrected chi connectivity index (χ3v) is 6.54. The predicted octanol–water partition coefficient (Wildman–Crippen LogP) is 4.70. The molecule has 0 bridgehead atoms. The molecule has 0 saturated carbocycles. The number of aryl methyl sites for hydroxylation is 1. The van der Waals surface area contributed by atoms with E-state index in [4.69, 9.17) is 14.4 Å². The number of hydrogen-bond donors (Lipinski definition) is 0. The molecule has 0 spiro atoms. The Balaban J connectivity index is 1.42. The smallest absolute Gasteiger partial charge is 0.131 e. The van der Waals surface area contributed by atoms with Gasteiger partial charge in [-0.05, 0) is 35.7 Å². The average molecular weight is 442 g/mol. The van der Waals surface area contributed by atoms with Crippen molar-refractivity contribution >= 4 is 28.5 Å². The van der Waals surface area contributed by atoms with Gasteiger partial charge in [0.25, 0.3) is 0 Å². The van der Waals surface area contributed by atoms with Crippen molar-refractivity contribution in [2.24, 2.45) is 0 Å². The number of aromatic nitrogens is 2. The summed E-state index contributed by atoms with van der Waals surface area (Å²) in [6.45, 7) is 5.03. The van der Waals surface area contributed by atoms with Gasteiger partial charge in [0.15, 0.2) is 0 Å². The summed E-state index contributed by atoms with van der Waals surface area (Å²) >= 11 is 1.43. The van der Waals surface area contributed by atoms with Gasteiger partial charge in [-0.25, -0.2) is 4.98 Å². The topological polar surface area (TPSA) is 65.3 Å². The van der Waals surface area contributed by atoms with E-state index in [2.05, 4.69) is 45.3 Å². The van der Waals surface area contributed by atoms with Gasteiger partial charge < -0.3 is 14.0 Å². The fourth-order valence-corrected chi connectivity index (χ4v) is 4.80. The van der Waals surface area contributed by atoms with Crippen LogP contribution in [0.4, 0.5) is 11.5 Å². The van der Waals surface area contributed by atoms with Crippen LogP contribution in [-0.4, -0.2) is 29.7 Å². The monoisotopic (exact) mass is 441 g/mol. The lowest BCUT2D eigenvalue weighted by Gasteiger charge is -2.31. The minimum absolute atomic E-state index is 0.592. The number of benzene rings is 1. The van der Waals surface area contributed by atoms with Gasteiger partial charge in [-0.3, -0.25) is 4.98 Å². The number of rotatable bonds is 3. The molecule has 0 fully saturated rings. The van der Waals surface area contributed by atoms with Gasteiger partial charge in [-0.15, -0.1) is 0 Å². The summed E-state index contributed by atoms with van der Waals surface area (Å²) in [6.07, 6.45) is 6.65. The van der Waals surface area contributed by atoms with Gasteiger partial charge in [0.05, 0.1) is 29.0 Å². The summed E-state index contributed by atoms with van der Waals surface area (Å²) in [4.78, 5) is 14.9. The normalized spacial score (nSPS) is 16.1. The molecule has 7 heteroatoms. The van der Waals surface area contributed by atoms with Crippen molar-refractivity contribution in [1.82, 2.24) is 9.97 Å². The highest BCUT2D eigenvalue weighted by atomic mass is 32.2. The van der Waals surface area contributed by atoms with Crippen LogP contribution < -0.4 is 9.80 Å². The molecule has 2 aliphatic heterocycles. The lowest BCUT2D eigenvalue weighted by molar-refractivity contribution is 0.391. The summed E-state index contributed by atoms with van der Waals surface area (Å²) in [6, 6.07) is 16.6. The Morgan fingerprint density at radius 1 is 1.09 bits per heavy atom. The lowest BCUT2D eigenvalue weighted by Crippen LogP contribution is -2.32. The highest BCUT2D eigenvalue weighted by Crippen LogP contribution is 2.33. The van der Waals surface area contributed by atoms with Crippen molar-refractivity contribution < 1.29 is 4.18 Å². The van der Waals surface area contributed by atoms with Crippen LogP contribution in [0.25, 0.3) is 4.91 Å². The Morgan fingerprint density at radius 3 is 2.78 bits per heavy atom. The maximum absolute atomic E-state index is 9.13. The molecule has 160 valence electrons. The maximum Gasteiger partial charge on any atom is 0.131 e. The molecule has 0 atom stereocenters. The highest BCUT2D eigenvalue weighted by molar-refractivity contribution is 8.04. The van der Waals surface area contributed by atoms with Crippen LogP contribution >= 0.6 is 12.0 Å². The van der Waals surface area contributed by atoms with Crippen LogP contribution in [0.1, 0.15) is 27.9 Å². The van der Waals surface area contributed by atoms with Crippen LogP contribution in [0.5, 0.6) is 0 Å². The molecule has 5 rings (SSSR count). The van der Waals surface area contributed by atoms with Crippen molar-refractivity contribution in [3.05, 3.63) is 89.0 Å². The molecule has 0 N–H and O–H groups in total. The Morgan fingerprint density at radius 2 is 1.97 bits per heavy atom. The second-order valence-corrected chi connectivity index (χ2v) is 8.75. The first-order valence-electron chi connectivity index (χ1n) is 10.6. The molecule has 0 unspecified atom stereocenters. The zero-order valence-corrected chi connectivity index (χ0v) is 18.7. The van der Waals surface area contributed by atoms with Crippen LogP contribution in [0.2, 0.25) is 0 Å². The molecule has 1 aromatic carbocycles. The van der Waals surface area contributed by atoms with Gasteiger partial charge in [-0.2, -0.15) is 5.26 Å². The third-order valence-electron chi connectivity index (χ3n) is 5.73. The van der Waals surface area contributed by atoms with Gasteiger partial charge in [-0.1, -0.05) is 30.3 Å². The second kappa shape index (κ2) is 9.03. The molecule has 0 radical (unpaired) electrons. The third kappa shape index (κ3) is 4.20. The van der Waals surface area contributed by atoms with Gasteiger partial charge in [0.1, 0.15) is 11.9 Å². The van der Waals surface area contributed by atoms with E-state index >= 15 is 0 Å². The van der Waals surface area contributed by atoms with E-state index in [-0.39, 0.29) is 0 Å². The molecule has 32 heavy (non-hydrogen) atoms. The summed E-state index contributed by atoms with van der Waals surface area (Å²) in [5, 5.41) is 9.13. The largest absolute Gasteiger partial charge is 0.352 e. The summed E-state index contributed by atoms with van der Waals surface area (Å²) < 4.78 is 5.78. The van der Waals surface area contributed by atoms with E-state index in [0.29, 0.717) is 12.2 Å². The van der Waals surface area contributed by atoms with Crippen LogP contribution in [-0.2, 0) is 17.1 Å². The molecule has 6 nitrogen and oxygen atoms in total. The standard InChI is InChI=1S/C25H23N5OS/c1-18-11-19(13-26)14-28-25(18)30-8-7-23-21(16-30)12-22(15-27-23)29-9-10-31-32-24(17-29)20-5-3-2-4-6-20/h2-6,11-12,14-15,17H,7-10,16H2,1H3. The van der Waals surface area contributed by atoms with E-state index in [0.717, 1.165) is 59.3 Å². The first-order valence-corrected chi connectivity index (χ1v) is 11.4. The highest BCUT2D eigenvalue weighted by Gasteiger charge is 2.22. The van der Waals surface area contributed by atoms with E-state index < -0.39 is 0 Å². The molecule has 2 aromatic heterocycles. The van der Waals surface area contributed by atoms with Crippen molar-refractivity contribution in [2.45, 2.75) is 19.9 Å². The Labute approximate surface area is 192 Å². The minimum atomic E-state index is 0.592. The van der Waals surface area contributed by atoms with E-state index in [1.165, 1.54) is 17.6 Å². The Hall–Kier alpha value is -3.34. The SMILES string of the molecule is Cc1cc(C#N)cnc1N1CCc2ncc(N3C=C(c4ccccc4)SOCC3)cc2C1. The summed E-state index contributed by atoms with van der Waals surface area (Å²) in [7, 11) is 0.